The summed E-state index contributed by atoms with van der Waals surface area (Å²) in [6, 6.07) is 20.7. The van der Waals surface area contributed by atoms with Crippen LogP contribution in [0.5, 0.6) is 0 Å². The molecule has 2 atom stereocenters. The molecule has 0 unspecified atom stereocenters. The van der Waals surface area contributed by atoms with Gasteiger partial charge in [0.2, 0.25) is 11.4 Å². The standard InChI is InChI=1S/C21H20N2O3/c1-2-26-20(25)21(15-22)18(17-11-7-4-8-12-17)13-19(24)23(21)14-16-9-5-3-6-10-16/h3-12,18H,2,13-14H2,1H3/t18-,21-/m1/s1. The number of benzene rings is 2. The molecule has 26 heavy (non-hydrogen) atoms. The van der Waals surface area contributed by atoms with Gasteiger partial charge >= 0.3 is 5.97 Å². The van der Waals surface area contributed by atoms with E-state index < -0.39 is 17.4 Å². The number of hydrogen-bond acceptors (Lipinski definition) is 4. The third-order valence-electron chi connectivity index (χ3n) is 4.75. The highest BCUT2D eigenvalue weighted by Gasteiger charge is 2.60. The van der Waals surface area contributed by atoms with E-state index in [0.717, 1.165) is 11.1 Å². The van der Waals surface area contributed by atoms with Crippen molar-refractivity contribution in [1.82, 2.24) is 4.90 Å². The molecule has 132 valence electrons. The maximum absolute atomic E-state index is 12.9. The second-order valence-corrected chi connectivity index (χ2v) is 6.23. The Labute approximate surface area is 152 Å². The van der Waals surface area contributed by atoms with Gasteiger partial charge in [-0.3, -0.25) is 4.79 Å². The van der Waals surface area contributed by atoms with Gasteiger partial charge < -0.3 is 9.64 Å². The largest absolute Gasteiger partial charge is 0.463 e. The van der Waals surface area contributed by atoms with Crippen LogP contribution in [-0.2, 0) is 20.9 Å². The van der Waals surface area contributed by atoms with E-state index in [1.807, 2.05) is 60.7 Å². The summed E-state index contributed by atoms with van der Waals surface area (Å²) in [4.78, 5) is 27.1. The molecule has 2 aromatic rings. The van der Waals surface area contributed by atoms with Crippen molar-refractivity contribution in [3.05, 3.63) is 71.8 Å². The van der Waals surface area contributed by atoms with E-state index in [4.69, 9.17) is 4.74 Å². The predicted octanol–water partition coefficient (Wildman–Crippen LogP) is 3.03. The first-order valence-corrected chi connectivity index (χ1v) is 8.61. The van der Waals surface area contributed by atoms with Gasteiger partial charge in [-0.25, -0.2) is 4.79 Å². The van der Waals surface area contributed by atoms with E-state index in [1.165, 1.54) is 4.90 Å². The molecule has 3 rings (SSSR count). The Morgan fingerprint density at radius 2 is 1.81 bits per heavy atom. The minimum atomic E-state index is -1.66. The number of amides is 1. The van der Waals surface area contributed by atoms with Crippen molar-refractivity contribution < 1.29 is 14.3 Å². The molecule has 0 aliphatic carbocycles. The highest BCUT2D eigenvalue weighted by Crippen LogP contribution is 2.44. The maximum Gasteiger partial charge on any atom is 0.347 e. The van der Waals surface area contributed by atoms with Crippen LogP contribution in [0.4, 0.5) is 0 Å². The van der Waals surface area contributed by atoms with Crippen molar-refractivity contribution in [2.45, 2.75) is 31.3 Å². The van der Waals surface area contributed by atoms with Crippen molar-refractivity contribution in [1.29, 1.82) is 5.26 Å². The summed E-state index contributed by atoms with van der Waals surface area (Å²) in [5.74, 6) is -1.46. The molecule has 1 aliphatic rings. The molecule has 0 radical (unpaired) electrons. The molecular formula is C21H20N2O3. The van der Waals surface area contributed by atoms with Gasteiger partial charge in [0.1, 0.15) is 6.07 Å². The van der Waals surface area contributed by atoms with Crippen molar-refractivity contribution >= 4 is 11.9 Å². The molecule has 0 aromatic heterocycles. The number of rotatable bonds is 5. The molecule has 5 nitrogen and oxygen atoms in total. The molecule has 1 aliphatic heterocycles. The third kappa shape index (κ3) is 2.95. The van der Waals surface area contributed by atoms with Crippen LogP contribution in [0.1, 0.15) is 30.4 Å². The summed E-state index contributed by atoms with van der Waals surface area (Å²) in [7, 11) is 0. The minimum absolute atomic E-state index is 0.100. The summed E-state index contributed by atoms with van der Waals surface area (Å²) in [6.45, 7) is 2.03. The zero-order chi connectivity index (χ0) is 18.6. The molecule has 5 heteroatoms. The van der Waals surface area contributed by atoms with Crippen LogP contribution < -0.4 is 0 Å². The summed E-state index contributed by atoms with van der Waals surface area (Å²) >= 11 is 0. The Balaban J connectivity index is 2.08. The molecule has 0 saturated carbocycles. The SMILES string of the molecule is CCOC(=O)[C@@]1(C#N)[C@@H](c2ccccc2)CC(=O)N1Cc1ccccc1. The monoisotopic (exact) mass is 348 g/mol. The van der Waals surface area contributed by atoms with Crippen LogP contribution >= 0.6 is 0 Å². The number of ether oxygens (including phenoxy) is 1. The maximum atomic E-state index is 12.9. The Morgan fingerprint density at radius 3 is 2.38 bits per heavy atom. The average molecular weight is 348 g/mol. The number of likely N-dealkylation sites (tertiary alicyclic amines) is 1. The number of esters is 1. The molecular weight excluding hydrogens is 328 g/mol. The number of hydrogen-bond donors (Lipinski definition) is 0. The Morgan fingerprint density at radius 1 is 1.19 bits per heavy atom. The summed E-state index contributed by atoms with van der Waals surface area (Å²) in [5.41, 5.74) is -0.0194. The molecule has 1 fully saturated rings. The van der Waals surface area contributed by atoms with E-state index in [1.54, 1.807) is 6.92 Å². The van der Waals surface area contributed by atoms with Gasteiger partial charge in [-0.2, -0.15) is 5.26 Å². The Bertz CT molecular complexity index is 829. The lowest BCUT2D eigenvalue weighted by Gasteiger charge is -2.34. The fraction of sp³-hybridized carbons (Fsp3) is 0.286. The van der Waals surface area contributed by atoms with Gasteiger partial charge in [-0.15, -0.1) is 0 Å². The summed E-state index contributed by atoms with van der Waals surface area (Å²) < 4.78 is 5.23. The average Bonchev–Trinajstić information content (AvgIpc) is 2.96. The van der Waals surface area contributed by atoms with Gasteiger partial charge in [0.25, 0.3) is 0 Å². The summed E-state index contributed by atoms with van der Waals surface area (Å²) in [5, 5.41) is 10.1. The zero-order valence-electron chi connectivity index (χ0n) is 14.6. The first-order chi connectivity index (χ1) is 12.6. The van der Waals surface area contributed by atoms with Gasteiger partial charge in [0.15, 0.2) is 0 Å². The van der Waals surface area contributed by atoms with Crippen LogP contribution in [0.2, 0.25) is 0 Å². The van der Waals surface area contributed by atoms with Crippen LogP contribution in [0, 0.1) is 11.3 Å². The van der Waals surface area contributed by atoms with Crippen LogP contribution in [0.25, 0.3) is 0 Å². The van der Waals surface area contributed by atoms with Gasteiger partial charge in [0, 0.05) is 18.9 Å². The fourth-order valence-electron chi connectivity index (χ4n) is 3.52. The quantitative estimate of drug-likeness (QED) is 0.779. The number of nitriles is 1. The lowest BCUT2D eigenvalue weighted by molar-refractivity contribution is -0.157. The van der Waals surface area contributed by atoms with Crippen molar-refractivity contribution in [2.75, 3.05) is 6.61 Å². The van der Waals surface area contributed by atoms with Crippen molar-refractivity contribution in [2.24, 2.45) is 0 Å². The minimum Gasteiger partial charge on any atom is -0.463 e. The third-order valence-corrected chi connectivity index (χ3v) is 4.75. The van der Waals surface area contributed by atoms with Crippen LogP contribution in [0.3, 0.4) is 0 Å². The molecule has 2 aromatic carbocycles. The van der Waals surface area contributed by atoms with E-state index >= 15 is 0 Å². The summed E-state index contributed by atoms with van der Waals surface area (Å²) in [6.07, 6.45) is 0.100. The molecule has 1 heterocycles. The van der Waals surface area contributed by atoms with Crippen LogP contribution in [-0.4, -0.2) is 28.9 Å². The highest BCUT2D eigenvalue weighted by molar-refractivity contribution is 5.96. The van der Waals surface area contributed by atoms with E-state index in [2.05, 4.69) is 6.07 Å². The van der Waals surface area contributed by atoms with Crippen molar-refractivity contribution in [3.8, 4) is 6.07 Å². The zero-order valence-corrected chi connectivity index (χ0v) is 14.6. The lowest BCUT2D eigenvalue weighted by Crippen LogP contribution is -2.54. The Hall–Kier alpha value is -3.13. The van der Waals surface area contributed by atoms with Gasteiger partial charge in [-0.05, 0) is 18.1 Å². The number of carbonyl (C=O) groups is 2. The molecule has 0 bridgehead atoms. The normalized spacial score (nSPS) is 22.1. The molecule has 1 saturated heterocycles. The predicted molar refractivity (Wildman–Crippen MR) is 95.8 cm³/mol. The van der Waals surface area contributed by atoms with E-state index in [9.17, 15) is 14.9 Å². The smallest absolute Gasteiger partial charge is 0.347 e. The molecule has 0 N–H and O–H groups in total. The lowest BCUT2D eigenvalue weighted by atomic mass is 9.80. The first kappa shape index (κ1) is 17.7. The highest BCUT2D eigenvalue weighted by atomic mass is 16.5. The topological polar surface area (TPSA) is 70.4 Å². The second kappa shape index (κ2) is 7.40. The molecule has 0 spiro atoms. The first-order valence-electron chi connectivity index (χ1n) is 8.61. The van der Waals surface area contributed by atoms with Gasteiger partial charge in [-0.1, -0.05) is 60.7 Å². The van der Waals surface area contributed by atoms with Crippen LogP contribution in [0.15, 0.2) is 60.7 Å². The fourth-order valence-corrected chi connectivity index (χ4v) is 3.52. The Kier molecular flexibility index (Phi) is 5.04. The number of nitrogens with zero attached hydrogens (tertiary/aromatic N) is 2. The second-order valence-electron chi connectivity index (χ2n) is 6.23. The van der Waals surface area contributed by atoms with E-state index in [-0.39, 0.29) is 25.5 Å². The molecule has 1 amide bonds. The van der Waals surface area contributed by atoms with Crippen molar-refractivity contribution in [3.63, 3.8) is 0 Å². The van der Waals surface area contributed by atoms with E-state index in [0.29, 0.717) is 0 Å². The van der Waals surface area contributed by atoms with Gasteiger partial charge in [0.05, 0.1) is 6.61 Å². The number of carbonyl (C=O) groups excluding carboxylic acids is 2.